The van der Waals surface area contributed by atoms with Gasteiger partial charge in [-0.2, -0.15) is 0 Å². The maximum Gasteiger partial charge on any atom is 0.122 e. The van der Waals surface area contributed by atoms with Gasteiger partial charge in [0.2, 0.25) is 0 Å². The molecule has 0 aliphatic carbocycles. The molecule has 1 aliphatic heterocycles. The molecule has 16 heavy (non-hydrogen) atoms. The second-order valence-corrected chi connectivity index (χ2v) is 4.21. The maximum atomic E-state index is 5.80. The lowest BCUT2D eigenvalue weighted by Gasteiger charge is -2.31. The zero-order valence-corrected chi connectivity index (χ0v) is 9.69. The molecule has 1 heterocycles. The van der Waals surface area contributed by atoms with Gasteiger partial charge in [-0.05, 0) is 30.5 Å². The molecule has 0 bridgehead atoms. The summed E-state index contributed by atoms with van der Waals surface area (Å²) in [7, 11) is 1.72. The van der Waals surface area contributed by atoms with Crippen LogP contribution < -0.4 is 10.5 Å². The van der Waals surface area contributed by atoms with Crippen molar-refractivity contribution in [1.82, 2.24) is 0 Å². The summed E-state index contributed by atoms with van der Waals surface area (Å²) in [5.74, 6) is 1.84. The normalized spacial score (nSPS) is 25.4. The Kier molecular flexibility index (Phi) is 3.80. The van der Waals surface area contributed by atoms with Gasteiger partial charge in [0.25, 0.3) is 0 Å². The average molecular weight is 221 g/mol. The minimum Gasteiger partial charge on any atom is -0.496 e. The highest BCUT2D eigenvalue weighted by molar-refractivity contribution is 5.36. The van der Waals surface area contributed by atoms with Crippen molar-refractivity contribution in [3.8, 4) is 5.75 Å². The molecule has 2 N–H and O–H groups in total. The van der Waals surface area contributed by atoms with Crippen LogP contribution >= 0.6 is 0 Å². The van der Waals surface area contributed by atoms with Gasteiger partial charge in [0.15, 0.2) is 0 Å². The number of rotatable bonds is 3. The molecule has 2 atom stereocenters. The van der Waals surface area contributed by atoms with Gasteiger partial charge in [-0.3, -0.25) is 0 Å². The van der Waals surface area contributed by atoms with Crippen LogP contribution in [0.5, 0.6) is 5.75 Å². The Labute approximate surface area is 96.5 Å². The molecule has 2 unspecified atom stereocenters. The summed E-state index contributed by atoms with van der Waals surface area (Å²) in [5.41, 5.74) is 7.07. The summed E-state index contributed by atoms with van der Waals surface area (Å²) in [4.78, 5) is 0. The third-order valence-electron chi connectivity index (χ3n) is 3.32. The van der Waals surface area contributed by atoms with E-state index in [4.69, 9.17) is 15.2 Å². The van der Waals surface area contributed by atoms with Crippen molar-refractivity contribution in [3.05, 3.63) is 29.8 Å². The topological polar surface area (TPSA) is 44.5 Å². The molecule has 1 fully saturated rings. The van der Waals surface area contributed by atoms with Crippen LogP contribution in [0.4, 0.5) is 0 Å². The Bertz CT molecular complexity index is 340. The van der Waals surface area contributed by atoms with Gasteiger partial charge in [-0.25, -0.2) is 0 Å². The molecule has 0 saturated carbocycles. The molecule has 0 spiro atoms. The van der Waals surface area contributed by atoms with Gasteiger partial charge < -0.3 is 15.2 Å². The highest BCUT2D eigenvalue weighted by Crippen LogP contribution is 2.36. The molecule has 0 amide bonds. The number of nitrogens with two attached hydrogens (primary N) is 1. The van der Waals surface area contributed by atoms with Gasteiger partial charge in [-0.1, -0.05) is 18.2 Å². The second kappa shape index (κ2) is 5.32. The zero-order valence-electron chi connectivity index (χ0n) is 9.69. The van der Waals surface area contributed by atoms with Gasteiger partial charge >= 0.3 is 0 Å². The molecule has 0 aromatic heterocycles. The number of para-hydroxylation sites is 1. The van der Waals surface area contributed by atoms with Crippen LogP contribution in [-0.2, 0) is 4.74 Å². The molecular weight excluding hydrogens is 202 g/mol. The molecule has 1 aromatic carbocycles. The van der Waals surface area contributed by atoms with Crippen molar-refractivity contribution in [2.24, 2.45) is 11.7 Å². The summed E-state index contributed by atoms with van der Waals surface area (Å²) >= 11 is 0. The highest BCUT2D eigenvalue weighted by Gasteiger charge is 2.27. The van der Waals surface area contributed by atoms with E-state index in [1.54, 1.807) is 7.11 Å². The Morgan fingerprint density at radius 3 is 3.00 bits per heavy atom. The number of methoxy groups -OCH3 is 1. The quantitative estimate of drug-likeness (QED) is 0.846. The summed E-state index contributed by atoms with van der Waals surface area (Å²) in [5, 5.41) is 0. The van der Waals surface area contributed by atoms with E-state index in [1.165, 1.54) is 5.56 Å². The van der Waals surface area contributed by atoms with Crippen LogP contribution in [0.2, 0.25) is 0 Å². The standard InChI is InChI=1S/C13H19NO2/c1-15-13-5-3-2-4-12(13)11-6-7-16-9-10(11)8-14/h2-5,10-11H,6-9,14H2,1H3. The van der Waals surface area contributed by atoms with Crippen LogP contribution in [0, 0.1) is 5.92 Å². The van der Waals surface area contributed by atoms with Crippen molar-refractivity contribution in [3.63, 3.8) is 0 Å². The third kappa shape index (κ3) is 2.20. The fraction of sp³-hybridized carbons (Fsp3) is 0.538. The van der Waals surface area contributed by atoms with E-state index in [-0.39, 0.29) is 0 Å². The summed E-state index contributed by atoms with van der Waals surface area (Å²) in [6.45, 7) is 2.25. The lowest BCUT2D eigenvalue weighted by atomic mass is 9.82. The minimum atomic E-state index is 0.407. The van der Waals surface area contributed by atoms with E-state index < -0.39 is 0 Å². The van der Waals surface area contributed by atoms with Gasteiger partial charge in [-0.15, -0.1) is 0 Å². The molecule has 1 saturated heterocycles. The van der Waals surface area contributed by atoms with Gasteiger partial charge in [0, 0.05) is 12.5 Å². The number of ether oxygens (including phenoxy) is 2. The third-order valence-corrected chi connectivity index (χ3v) is 3.32. The van der Waals surface area contributed by atoms with Crippen LogP contribution in [0.15, 0.2) is 24.3 Å². The summed E-state index contributed by atoms with van der Waals surface area (Å²) in [6.07, 6.45) is 1.03. The Morgan fingerprint density at radius 2 is 2.25 bits per heavy atom. The van der Waals surface area contributed by atoms with Crippen molar-refractivity contribution in [2.75, 3.05) is 26.9 Å². The lowest BCUT2D eigenvalue weighted by Crippen LogP contribution is -2.31. The molecular formula is C13H19NO2. The van der Waals surface area contributed by atoms with E-state index in [0.717, 1.165) is 25.4 Å². The first kappa shape index (κ1) is 11.4. The molecule has 88 valence electrons. The molecule has 0 radical (unpaired) electrons. The van der Waals surface area contributed by atoms with E-state index >= 15 is 0 Å². The Morgan fingerprint density at radius 1 is 1.44 bits per heavy atom. The summed E-state index contributed by atoms with van der Waals surface area (Å²) < 4.78 is 10.9. The monoisotopic (exact) mass is 221 g/mol. The van der Waals surface area contributed by atoms with Crippen LogP contribution in [0.1, 0.15) is 17.9 Å². The second-order valence-electron chi connectivity index (χ2n) is 4.21. The first-order chi connectivity index (χ1) is 7.86. The molecule has 1 aliphatic rings. The van der Waals surface area contributed by atoms with Crippen molar-refractivity contribution >= 4 is 0 Å². The zero-order chi connectivity index (χ0) is 11.4. The SMILES string of the molecule is COc1ccccc1C1CCOCC1CN. The van der Waals surface area contributed by atoms with Crippen LogP contribution in [0.3, 0.4) is 0 Å². The Hall–Kier alpha value is -1.06. The van der Waals surface area contributed by atoms with Crippen molar-refractivity contribution in [2.45, 2.75) is 12.3 Å². The number of hydrogen-bond acceptors (Lipinski definition) is 3. The minimum absolute atomic E-state index is 0.407. The molecule has 1 aromatic rings. The number of benzene rings is 1. The largest absolute Gasteiger partial charge is 0.496 e. The predicted molar refractivity (Wildman–Crippen MR) is 63.7 cm³/mol. The molecule has 3 heteroatoms. The maximum absolute atomic E-state index is 5.80. The van der Waals surface area contributed by atoms with E-state index in [9.17, 15) is 0 Å². The smallest absolute Gasteiger partial charge is 0.122 e. The van der Waals surface area contributed by atoms with Crippen LogP contribution in [-0.4, -0.2) is 26.9 Å². The molecule has 2 rings (SSSR count). The van der Waals surface area contributed by atoms with Gasteiger partial charge in [0.05, 0.1) is 13.7 Å². The van der Waals surface area contributed by atoms with E-state index in [0.29, 0.717) is 18.4 Å². The fourth-order valence-electron chi connectivity index (χ4n) is 2.41. The van der Waals surface area contributed by atoms with Crippen LogP contribution in [0.25, 0.3) is 0 Å². The predicted octanol–water partition coefficient (Wildman–Crippen LogP) is 1.77. The Balaban J connectivity index is 2.26. The van der Waals surface area contributed by atoms with Gasteiger partial charge in [0.1, 0.15) is 5.75 Å². The first-order valence-electron chi connectivity index (χ1n) is 5.77. The average Bonchev–Trinajstić information content (AvgIpc) is 2.38. The highest BCUT2D eigenvalue weighted by atomic mass is 16.5. The molecule has 3 nitrogen and oxygen atoms in total. The number of hydrogen-bond donors (Lipinski definition) is 1. The van der Waals surface area contributed by atoms with E-state index in [1.807, 2.05) is 12.1 Å². The van der Waals surface area contributed by atoms with Crippen molar-refractivity contribution in [1.29, 1.82) is 0 Å². The lowest BCUT2D eigenvalue weighted by molar-refractivity contribution is 0.0430. The van der Waals surface area contributed by atoms with E-state index in [2.05, 4.69) is 12.1 Å². The summed E-state index contributed by atoms with van der Waals surface area (Å²) in [6, 6.07) is 8.20. The first-order valence-corrected chi connectivity index (χ1v) is 5.77. The fourth-order valence-corrected chi connectivity index (χ4v) is 2.41. The van der Waals surface area contributed by atoms with Crippen molar-refractivity contribution < 1.29 is 9.47 Å².